The lowest BCUT2D eigenvalue weighted by Gasteiger charge is -2.22. The van der Waals surface area contributed by atoms with Crippen molar-refractivity contribution >= 4 is 22.6 Å². The third kappa shape index (κ3) is 3.52. The smallest absolute Gasteiger partial charge is 0.341 e. The largest absolute Gasteiger partial charge is 0.497 e. The van der Waals surface area contributed by atoms with Crippen LogP contribution < -0.4 is 20.8 Å². The summed E-state index contributed by atoms with van der Waals surface area (Å²) in [7, 11) is 1.57. The zero-order chi connectivity index (χ0) is 23.4. The molecule has 2 atom stereocenters. The molecule has 5 rings (SSSR count). The van der Waals surface area contributed by atoms with Gasteiger partial charge in [-0.15, -0.1) is 0 Å². The van der Waals surface area contributed by atoms with Crippen LogP contribution in [0.5, 0.6) is 5.75 Å². The van der Waals surface area contributed by atoms with Crippen molar-refractivity contribution in [2.24, 2.45) is 5.73 Å². The molecule has 2 aromatic carbocycles. The minimum atomic E-state index is -1.42. The van der Waals surface area contributed by atoms with Crippen LogP contribution >= 0.6 is 0 Å². The van der Waals surface area contributed by atoms with Gasteiger partial charge in [0, 0.05) is 37.3 Å². The van der Waals surface area contributed by atoms with Gasteiger partial charge in [-0.25, -0.2) is 13.6 Å². The minimum absolute atomic E-state index is 0.0645. The maximum atomic E-state index is 15.9. The first kappa shape index (κ1) is 21.4. The predicted molar refractivity (Wildman–Crippen MR) is 119 cm³/mol. The zero-order valence-electron chi connectivity index (χ0n) is 17.9. The Labute approximate surface area is 188 Å². The number of hydrogen-bond acceptors (Lipinski definition) is 5. The van der Waals surface area contributed by atoms with E-state index in [4.69, 9.17) is 10.5 Å². The number of aromatic carboxylic acids is 1. The van der Waals surface area contributed by atoms with Crippen molar-refractivity contribution in [1.29, 1.82) is 0 Å². The second-order valence-corrected chi connectivity index (χ2v) is 8.68. The second kappa shape index (κ2) is 7.84. The molecular formula is C24H23F2N3O4. The van der Waals surface area contributed by atoms with Crippen LogP contribution in [-0.4, -0.2) is 41.9 Å². The molecule has 172 valence electrons. The Balaban J connectivity index is 1.60. The molecule has 2 heterocycles. The monoisotopic (exact) mass is 455 g/mol. The molecule has 1 aliphatic heterocycles. The molecule has 0 spiro atoms. The number of hydrogen-bond donors (Lipinski definition) is 2. The van der Waals surface area contributed by atoms with Crippen LogP contribution in [0.2, 0.25) is 0 Å². The molecular weight excluding hydrogens is 432 g/mol. The van der Waals surface area contributed by atoms with Crippen molar-refractivity contribution in [3.05, 3.63) is 69.5 Å². The van der Waals surface area contributed by atoms with E-state index < -0.39 is 28.6 Å². The lowest BCUT2D eigenvalue weighted by molar-refractivity contribution is 0.0694. The topological polar surface area (TPSA) is 97.8 Å². The molecule has 0 unspecified atom stereocenters. The summed E-state index contributed by atoms with van der Waals surface area (Å²) < 4.78 is 37.7. The maximum absolute atomic E-state index is 15.9. The van der Waals surface area contributed by atoms with E-state index in [0.29, 0.717) is 12.3 Å². The third-order valence-electron chi connectivity index (χ3n) is 6.58. The molecule has 1 aliphatic carbocycles. The summed E-state index contributed by atoms with van der Waals surface area (Å²) in [4.78, 5) is 25.8. The highest BCUT2D eigenvalue weighted by Crippen LogP contribution is 2.41. The molecule has 0 radical (unpaired) electrons. The lowest BCUT2D eigenvalue weighted by atomic mass is 9.95. The summed E-state index contributed by atoms with van der Waals surface area (Å²) in [6, 6.07) is 7.89. The fraction of sp³-hybridized carbons (Fsp3) is 0.333. The number of nitrogens with two attached hydrogens (primary N) is 1. The van der Waals surface area contributed by atoms with E-state index in [1.807, 2.05) is 24.3 Å². The van der Waals surface area contributed by atoms with Gasteiger partial charge in [-0.2, -0.15) is 0 Å². The van der Waals surface area contributed by atoms with Crippen LogP contribution in [0, 0.1) is 11.6 Å². The Kier molecular flexibility index (Phi) is 5.08. The first-order valence-corrected chi connectivity index (χ1v) is 10.7. The number of benzene rings is 2. The molecule has 2 aliphatic rings. The van der Waals surface area contributed by atoms with Crippen LogP contribution in [-0.2, 0) is 0 Å². The van der Waals surface area contributed by atoms with E-state index in [-0.39, 0.29) is 41.1 Å². The summed E-state index contributed by atoms with van der Waals surface area (Å²) in [5, 5.41) is 9.12. The van der Waals surface area contributed by atoms with Gasteiger partial charge in [0.25, 0.3) is 0 Å². The van der Waals surface area contributed by atoms with E-state index in [9.17, 15) is 14.7 Å². The van der Waals surface area contributed by atoms with E-state index >= 15 is 8.78 Å². The van der Waals surface area contributed by atoms with Crippen molar-refractivity contribution in [1.82, 2.24) is 4.57 Å². The van der Waals surface area contributed by atoms with E-state index in [1.54, 1.807) is 12.0 Å². The molecule has 0 amide bonds. The second-order valence-electron chi connectivity index (χ2n) is 8.68. The van der Waals surface area contributed by atoms with Crippen molar-refractivity contribution in [3.63, 3.8) is 0 Å². The Bertz CT molecular complexity index is 1320. The average Bonchev–Trinajstić information content (AvgIpc) is 3.56. The highest BCUT2D eigenvalue weighted by Gasteiger charge is 2.36. The van der Waals surface area contributed by atoms with Crippen LogP contribution in [0.4, 0.5) is 14.5 Å². The number of methoxy groups -OCH3 is 1. The summed E-state index contributed by atoms with van der Waals surface area (Å²) in [5.41, 5.74) is 5.59. The van der Waals surface area contributed by atoms with Gasteiger partial charge < -0.3 is 25.0 Å². The van der Waals surface area contributed by atoms with E-state index in [1.165, 1.54) is 10.8 Å². The quantitative estimate of drug-likeness (QED) is 0.613. The Hall–Kier alpha value is -3.46. The molecule has 33 heavy (non-hydrogen) atoms. The Morgan fingerprint density at radius 3 is 2.48 bits per heavy atom. The van der Waals surface area contributed by atoms with Crippen molar-refractivity contribution in [2.45, 2.75) is 30.8 Å². The first-order valence-electron chi connectivity index (χ1n) is 10.7. The minimum Gasteiger partial charge on any atom is -0.497 e. The molecule has 3 aromatic rings. The summed E-state index contributed by atoms with van der Waals surface area (Å²) >= 11 is 0. The number of halogens is 2. The van der Waals surface area contributed by atoms with Crippen LogP contribution in [0.25, 0.3) is 10.9 Å². The number of ether oxygens (including phenoxy) is 1. The zero-order valence-corrected chi connectivity index (χ0v) is 17.9. The Morgan fingerprint density at radius 2 is 1.88 bits per heavy atom. The number of carboxylic acid groups (broad SMARTS) is 1. The maximum Gasteiger partial charge on any atom is 0.341 e. The molecule has 7 nitrogen and oxygen atoms in total. The molecule has 2 fully saturated rings. The molecule has 3 N–H and O–H groups in total. The fourth-order valence-corrected chi connectivity index (χ4v) is 4.73. The van der Waals surface area contributed by atoms with Gasteiger partial charge in [0.15, 0.2) is 5.82 Å². The third-order valence-corrected chi connectivity index (χ3v) is 6.58. The standard InChI is InChI=1S/C24H23F2N3O4/c1-33-14-6-2-12(3-7-14)16-9-28(11-19(16)27)22-18(25)8-15-21(20(22)26)29(13-4-5-13)10-17(23(15)30)24(31)32/h2-3,6-8,10,13,16,19H,4-5,9,11,27H2,1H3,(H,31,32)/t16-,19+/m0/s1. The van der Waals surface area contributed by atoms with Gasteiger partial charge >= 0.3 is 5.97 Å². The van der Waals surface area contributed by atoms with Crippen LogP contribution in [0.3, 0.4) is 0 Å². The van der Waals surface area contributed by atoms with Gasteiger partial charge in [-0.3, -0.25) is 4.79 Å². The number of carboxylic acids is 1. The normalized spacial score (nSPS) is 20.4. The van der Waals surface area contributed by atoms with Crippen molar-refractivity contribution < 1.29 is 23.4 Å². The average molecular weight is 455 g/mol. The lowest BCUT2D eigenvalue weighted by Crippen LogP contribution is -2.29. The van der Waals surface area contributed by atoms with Crippen molar-refractivity contribution in [3.8, 4) is 5.75 Å². The fourth-order valence-electron chi connectivity index (χ4n) is 4.73. The number of anilines is 1. The van der Waals surface area contributed by atoms with Gasteiger partial charge in [-0.05, 0) is 36.6 Å². The van der Waals surface area contributed by atoms with Gasteiger partial charge in [0.2, 0.25) is 5.43 Å². The number of carbonyl (C=O) groups is 1. The summed E-state index contributed by atoms with van der Waals surface area (Å²) in [5.74, 6) is -2.65. The number of rotatable bonds is 5. The van der Waals surface area contributed by atoms with Gasteiger partial charge in [-0.1, -0.05) is 12.1 Å². The van der Waals surface area contributed by atoms with E-state index in [0.717, 1.165) is 24.5 Å². The number of aromatic nitrogens is 1. The summed E-state index contributed by atoms with van der Waals surface area (Å²) in [6.45, 7) is 0.532. The molecule has 9 heteroatoms. The molecule has 1 saturated carbocycles. The van der Waals surface area contributed by atoms with Crippen molar-refractivity contribution in [2.75, 3.05) is 25.1 Å². The molecule has 0 bridgehead atoms. The van der Waals surface area contributed by atoms with Gasteiger partial charge in [0.1, 0.15) is 22.8 Å². The highest BCUT2D eigenvalue weighted by atomic mass is 19.1. The number of nitrogens with zero attached hydrogens (tertiary/aromatic N) is 2. The SMILES string of the molecule is COc1ccc([C@@H]2CN(c3c(F)cc4c(=O)c(C(=O)O)cn(C5CC5)c4c3F)C[C@H]2N)cc1. The number of pyridine rings is 1. The first-order chi connectivity index (χ1) is 15.8. The Morgan fingerprint density at radius 1 is 1.18 bits per heavy atom. The molecule has 1 saturated heterocycles. The van der Waals surface area contributed by atoms with E-state index in [2.05, 4.69) is 0 Å². The van der Waals surface area contributed by atoms with Crippen LogP contribution in [0.1, 0.15) is 40.7 Å². The number of fused-ring (bicyclic) bond motifs is 1. The molecule has 1 aromatic heterocycles. The van der Waals surface area contributed by atoms with Crippen LogP contribution in [0.15, 0.2) is 41.3 Å². The highest BCUT2D eigenvalue weighted by molar-refractivity contribution is 5.94. The van der Waals surface area contributed by atoms with Gasteiger partial charge in [0.05, 0.1) is 18.0 Å². The predicted octanol–water partition coefficient (Wildman–Crippen LogP) is 3.25. The summed E-state index contributed by atoms with van der Waals surface area (Å²) in [6.07, 6.45) is 2.64.